The van der Waals surface area contributed by atoms with Gasteiger partial charge in [0.1, 0.15) is 11.5 Å². The normalized spacial score (nSPS) is 11.0. The monoisotopic (exact) mass is 443 g/mol. The van der Waals surface area contributed by atoms with E-state index in [0.29, 0.717) is 29.4 Å². The van der Waals surface area contributed by atoms with E-state index in [0.717, 1.165) is 23.0 Å². The predicted octanol–water partition coefficient (Wildman–Crippen LogP) is 6.33. The molecule has 168 valence electrons. The van der Waals surface area contributed by atoms with E-state index in [1.807, 2.05) is 59.2 Å². The molecular formula is C27H26FN3O2. The number of amides is 2. The number of nitrogens with one attached hydrogen (secondary N) is 2. The minimum absolute atomic E-state index is 0.182. The molecule has 0 spiro atoms. The number of hydrogen-bond acceptors (Lipinski definition) is 2. The summed E-state index contributed by atoms with van der Waals surface area (Å²) in [5, 5.41) is 6.66. The lowest BCUT2D eigenvalue weighted by Gasteiger charge is -2.13. The van der Waals surface area contributed by atoms with Crippen molar-refractivity contribution in [2.75, 3.05) is 10.6 Å². The summed E-state index contributed by atoms with van der Waals surface area (Å²) in [6.45, 7) is 5.01. The smallest absolute Gasteiger partial charge is 0.272 e. The molecule has 5 nitrogen and oxygen atoms in total. The van der Waals surface area contributed by atoms with Crippen molar-refractivity contribution < 1.29 is 14.0 Å². The Morgan fingerprint density at radius 3 is 2.24 bits per heavy atom. The molecule has 33 heavy (non-hydrogen) atoms. The Morgan fingerprint density at radius 2 is 1.55 bits per heavy atom. The summed E-state index contributed by atoms with van der Waals surface area (Å²) in [4.78, 5) is 25.6. The lowest BCUT2D eigenvalue weighted by atomic mass is 10.1. The zero-order valence-corrected chi connectivity index (χ0v) is 18.6. The number of anilines is 2. The van der Waals surface area contributed by atoms with Crippen molar-refractivity contribution in [2.45, 2.75) is 26.8 Å². The molecule has 2 amide bonds. The summed E-state index contributed by atoms with van der Waals surface area (Å²) in [5.41, 5.74) is 3.20. The Morgan fingerprint density at radius 1 is 0.848 bits per heavy atom. The highest BCUT2D eigenvalue weighted by Crippen LogP contribution is 2.26. The Balaban J connectivity index is 1.63. The van der Waals surface area contributed by atoms with E-state index < -0.39 is 5.82 Å². The van der Waals surface area contributed by atoms with Gasteiger partial charge in [-0.2, -0.15) is 0 Å². The number of rotatable bonds is 7. The molecule has 3 aromatic carbocycles. The fourth-order valence-corrected chi connectivity index (χ4v) is 3.69. The van der Waals surface area contributed by atoms with Gasteiger partial charge in [-0.25, -0.2) is 4.39 Å². The highest BCUT2D eigenvalue weighted by molar-refractivity contribution is 6.08. The van der Waals surface area contributed by atoms with Crippen molar-refractivity contribution in [3.05, 3.63) is 95.9 Å². The second-order valence-electron chi connectivity index (χ2n) is 8.42. The van der Waals surface area contributed by atoms with Crippen molar-refractivity contribution in [2.24, 2.45) is 5.92 Å². The van der Waals surface area contributed by atoms with Crippen molar-refractivity contribution in [1.82, 2.24) is 4.57 Å². The molecule has 0 aliphatic rings. The summed E-state index contributed by atoms with van der Waals surface area (Å²) < 4.78 is 15.2. The van der Waals surface area contributed by atoms with Crippen LogP contribution in [0.2, 0.25) is 0 Å². The van der Waals surface area contributed by atoms with Crippen LogP contribution in [0.25, 0.3) is 10.9 Å². The minimum Gasteiger partial charge on any atom is -0.336 e. The molecule has 4 aromatic rings. The maximum atomic E-state index is 13.1. The van der Waals surface area contributed by atoms with Crippen LogP contribution in [0.1, 0.15) is 41.1 Å². The second kappa shape index (κ2) is 9.69. The lowest BCUT2D eigenvalue weighted by Crippen LogP contribution is -2.17. The first-order chi connectivity index (χ1) is 15.9. The maximum absolute atomic E-state index is 13.1. The molecule has 0 aliphatic carbocycles. The van der Waals surface area contributed by atoms with Crippen molar-refractivity contribution in [1.29, 1.82) is 0 Å². The van der Waals surface area contributed by atoms with E-state index in [1.165, 1.54) is 24.3 Å². The van der Waals surface area contributed by atoms with Crippen LogP contribution in [0.3, 0.4) is 0 Å². The van der Waals surface area contributed by atoms with Gasteiger partial charge in [-0.3, -0.25) is 9.59 Å². The number of para-hydroxylation sites is 1. The summed E-state index contributed by atoms with van der Waals surface area (Å²) in [6.07, 6.45) is 0.929. The number of nitrogens with zero attached hydrogens (tertiary/aromatic N) is 1. The van der Waals surface area contributed by atoms with Crippen LogP contribution in [0.4, 0.5) is 15.8 Å². The molecule has 1 aromatic heterocycles. The molecule has 0 saturated carbocycles. The Kier molecular flexibility index (Phi) is 6.54. The van der Waals surface area contributed by atoms with Crippen LogP contribution in [-0.2, 0) is 6.54 Å². The van der Waals surface area contributed by atoms with Crippen LogP contribution in [0, 0.1) is 11.7 Å². The zero-order valence-electron chi connectivity index (χ0n) is 18.6. The molecule has 0 aliphatic heterocycles. The fraction of sp³-hybridized carbons (Fsp3) is 0.185. The van der Waals surface area contributed by atoms with E-state index >= 15 is 0 Å². The van der Waals surface area contributed by atoms with Crippen LogP contribution >= 0.6 is 0 Å². The van der Waals surface area contributed by atoms with Gasteiger partial charge in [0.25, 0.3) is 11.8 Å². The molecule has 0 atom stereocenters. The number of hydrogen-bond donors (Lipinski definition) is 2. The molecule has 6 heteroatoms. The number of aromatic nitrogens is 1. The maximum Gasteiger partial charge on any atom is 0.272 e. The van der Waals surface area contributed by atoms with Crippen LogP contribution in [0.15, 0.2) is 78.9 Å². The Labute approximate surface area is 192 Å². The van der Waals surface area contributed by atoms with E-state index in [-0.39, 0.29) is 11.8 Å². The van der Waals surface area contributed by atoms with Gasteiger partial charge in [-0.05, 0) is 73.0 Å². The number of benzene rings is 3. The SMILES string of the molecule is CC(C)CCn1c(C(=O)Nc2ccccc2)cc2cc(NC(=O)c3ccc(F)cc3)ccc21. The Hall–Kier alpha value is -3.93. The van der Waals surface area contributed by atoms with Crippen molar-refractivity contribution in [3.63, 3.8) is 0 Å². The average Bonchev–Trinajstić information content (AvgIpc) is 3.16. The van der Waals surface area contributed by atoms with Gasteiger partial charge in [0.05, 0.1) is 0 Å². The van der Waals surface area contributed by atoms with Gasteiger partial charge in [-0.1, -0.05) is 32.0 Å². The first kappa shape index (κ1) is 22.3. The van der Waals surface area contributed by atoms with Gasteiger partial charge in [0.15, 0.2) is 0 Å². The van der Waals surface area contributed by atoms with Crippen LogP contribution in [-0.4, -0.2) is 16.4 Å². The quantitative estimate of drug-likeness (QED) is 0.350. The molecule has 0 fully saturated rings. The molecule has 0 unspecified atom stereocenters. The number of carbonyl (C=O) groups is 2. The lowest BCUT2D eigenvalue weighted by molar-refractivity contribution is 0.101. The standard InChI is InChI=1S/C27H26FN3O2/c1-18(2)14-15-31-24-13-12-23(30-26(32)19-8-10-21(28)11-9-19)16-20(24)17-25(31)27(33)29-22-6-4-3-5-7-22/h3-13,16-18H,14-15H2,1-2H3,(H,29,33)(H,30,32). The summed E-state index contributed by atoms with van der Waals surface area (Å²) >= 11 is 0. The topological polar surface area (TPSA) is 63.1 Å². The van der Waals surface area contributed by atoms with Gasteiger partial charge in [0, 0.05) is 34.4 Å². The first-order valence-electron chi connectivity index (χ1n) is 11.0. The third-order valence-electron chi connectivity index (χ3n) is 5.46. The van der Waals surface area contributed by atoms with Crippen LogP contribution in [0.5, 0.6) is 0 Å². The molecule has 0 radical (unpaired) electrons. The van der Waals surface area contributed by atoms with E-state index in [2.05, 4.69) is 24.5 Å². The van der Waals surface area contributed by atoms with Crippen molar-refractivity contribution in [3.8, 4) is 0 Å². The third-order valence-corrected chi connectivity index (χ3v) is 5.46. The first-order valence-corrected chi connectivity index (χ1v) is 11.0. The third kappa shape index (κ3) is 5.29. The largest absolute Gasteiger partial charge is 0.336 e. The van der Waals surface area contributed by atoms with Gasteiger partial charge >= 0.3 is 0 Å². The highest BCUT2D eigenvalue weighted by Gasteiger charge is 2.17. The zero-order chi connectivity index (χ0) is 23.4. The van der Waals surface area contributed by atoms with Gasteiger partial charge in [-0.15, -0.1) is 0 Å². The average molecular weight is 444 g/mol. The second-order valence-corrected chi connectivity index (χ2v) is 8.42. The fourth-order valence-electron chi connectivity index (χ4n) is 3.69. The van der Waals surface area contributed by atoms with Crippen molar-refractivity contribution >= 4 is 34.1 Å². The summed E-state index contributed by atoms with van der Waals surface area (Å²) in [6, 6.07) is 22.2. The van der Waals surface area contributed by atoms with E-state index in [4.69, 9.17) is 0 Å². The predicted molar refractivity (Wildman–Crippen MR) is 130 cm³/mol. The van der Waals surface area contributed by atoms with E-state index in [1.54, 1.807) is 0 Å². The molecular weight excluding hydrogens is 417 g/mol. The molecule has 1 heterocycles. The summed E-state index contributed by atoms with van der Waals surface area (Å²) in [7, 11) is 0. The number of halogens is 1. The van der Waals surface area contributed by atoms with Gasteiger partial charge in [0.2, 0.25) is 0 Å². The molecule has 2 N–H and O–H groups in total. The Bertz CT molecular complexity index is 1280. The molecule has 4 rings (SSSR count). The van der Waals surface area contributed by atoms with Crippen LogP contribution < -0.4 is 10.6 Å². The molecule has 0 saturated heterocycles. The van der Waals surface area contributed by atoms with E-state index in [9.17, 15) is 14.0 Å². The number of aryl methyl sites for hydroxylation is 1. The molecule has 0 bridgehead atoms. The number of fused-ring (bicyclic) bond motifs is 1. The highest BCUT2D eigenvalue weighted by atomic mass is 19.1. The summed E-state index contributed by atoms with van der Waals surface area (Å²) in [5.74, 6) is -0.410. The minimum atomic E-state index is -0.392. The van der Waals surface area contributed by atoms with Gasteiger partial charge < -0.3 is 15.2 Å². The number of carbonyl (C=O) groups excluding carboxylic acids is 2.